The van der Waals surface area contributed by atoms with Crippen molar-refractivity contribution in [2.24, 2.45) is 5.92 Å². The van der Waals surface area contributed by atoms with Crippen LogP contribution in [-0.4, -0.2) is 41.7 Å². The van der Waals surface area contributed by atoms with Crippen LogP contribution in [0.1, 0.15) is 42.6 Å². The van der Waals surface area contributed by atoms with Gasteiger partial charge in [-0.15, -0.1) is 0 Å². The molecule has 1 aromatic carbocycles. The number of nitrogens with zero attached hydrogens (tertiary/aromatic N) is 1. The monoisotopic (exact) mass is 290 g/mol. The second-order valence-corrected chi connectivity index (χ2v) is 6.19. The molecule has 0 spiro atoms. The predicted octanol–water partition coefficient (Wildman–Crippen LogP) is 2.59. The molecule has 0 aromatic heterocycles. The molecule has 0 radical (unpaired) electrons. The Morgan fingerprint density at radius 3 is 2.67 bits per heavy atom. The Balaban J connectivity index is 1.87. The van der Waals surface area contributed by atoms with Crippen molar-refractivity contribution in [3.05, 3.63) is 35.4 Å². The number of hydrogen-bond donors (Lipinski definition) is 2. The Kier molecular flexibility index (Phi) is 5.76. The molecule has 1 atom stereocenters. The van der Waals surface area contributed by atoms with Crippen LogP contribution in [0.5, 0.6) is 0 Å². The fourth-order valence-corrected chi connectivity index (χ4v) is 3.04. The van der Waals surface area contributed by atoms with Crippen molar-refractivity contribution < 1.29 is 9.90 Å². The lowest BCUT2D eigenvalue weighted by atomic mass is 10.0. The fourth-order valence-electron chi connectivity index (χ4n) is 3.04. The predicted molar refractivity (Wildman–Crippen MR) is 84.5 cm³/mol. The number of rotatable bonds is 7. The second-order valence-electron chi connectivity index (χ2n) is 6.19. The van der Waals surface area contributed by atoms with Gasteiger partial charge in [0.05, 0.1) is 5.56 Å². The number of likely N-dealkylation sites (tertiary alicyclic amines) is 1. The van der Waals surface area contributed by atoms with Crippen LogP contribution < -0.4 is 5.32 Å². The van der Waals surface area contributed by atoms with Crippen molar-refractivity contribution in [2.45, 2.75) is 39.3 Å². The average Bonchev–Trinajstić information content (AvgIpc) is 2.97. The summed E-state index contributed by atoms with van der Waals surface area (Å²) in [7, 11) is 0. The first-order valence-electron chi connectivity index (χ1n) is 7.85. The first-order chi connectivity index (χ1) is 10.1. The molecule has 1 aliphatic rings. The normalized spacial score (nSPS) is 17.3. The molecule has 4 heteroatoms. The lowest BCUT2D eigenvalue weighted by Gasteiger charge is -2.31. The molecule has 116 valence electrons. The van der Waals surface area contributed by atoms with Gasteiger partial charge in [0.25, 0.3) is 0 Å². The van der Waals surface area contributed by atoms with Gasteiger partial charge in [0.2, 0.25) is 0 Å². The number of carboxylic acid groups (broad SMARTS) is 1. The summed E-state index contributed by atoms with van der Waals surface area (Å²) >= 11 is 0. The summed E-state index contributed by atoms with van der Waals surface area (Å²) in [6.45, 7) is 8.64. The van der Waals surface area contributed by atoms with Gasteiger partial charge in [-0.1, -0.05) is 26.0 Å². The topological polar surface area (TPSA) is 52.6 Å². The van der Waals surface area contributed by atoms with Gasteiger partial charge in [-0.2, -0.15) is 0 Å². The van der Waals surface area contributed by atoms with E-state index in [1.807, 2.05) is 6.07 Å². The van der Waals surface area contributed by atoms with Gasteiger partial charge in [0.15, 0.2) is 0 Å². The zero-order chi connectivity index (χ0) is 15.2. The van der Waals surface area contributed by atoms with Gasteiger partial charge < -0.3 is 10.4 Å². The van der Waals surface area contributed by atoms with Gasteiger partial charge >= 0.3 is 5.97 Å². The molecular formula is C17H26N2O2. The average molecular weight is 290 g/mol. The molecule has 1 saturated heterocycles. The summed E-state index contributed by atoms with van der Waals surface area (Å²) in [5.41, 5.74) is 1.38. The highest BCUT2D eigenvalue weighted by Crippen LogP contribution is 2.17. The zero-order valence-corrected chi connectivity index (χ0v) is 13.0. The molecule has 0 bridgehead atoms. The molecule has 1 unspecified atom stereocenters. The number of carboxylic acids is 1. The van der Waals surface area contributed by atoms with Crippen LogP contribution in [0.25, 0.3) is 0 Å². The number of aromatic carboxylic acids is 1. The lowest BCUT2D eigenvalue weighted by Crippen LogP contribution is -2.44. The van der Waals surface area contributed by atoms with Crippen molar-refractivity contribution >= 4 is 5.97 Å². The van der Waals surface area contributed by atoms with E-state index in [1.165, 1.54) is 25.9 Å². The van der Waals surface area contributed by atoms with Crippen LogP contribution in [0.15, 0.2) is 24.3 Å². The van der Waals surface area contributed by atoms with Gasteiger partial charge in [-0.05, 0) is 49.5 Å². The summed E-state index contributed by atoms with van der Waals surface area (Å²) in [6, 6.07) is 7.72. The van der Waals surface area contributed by atoms with Crippen LogP contribution in [-0.2, 0) is 6.54 Å². The fraction of sp³-hybridized carbons (Fsp3) is 0.588. The van der Waals surface area contributed by atoms with Crippen LogP contribution in [0.3, 0.4) is 0 Å². The summed E-state index contributed by atoms with van der Waals surface area (Å²) in [6.07, 6.45) is 2.62. The first-order valence-corrected chi connectivity index (χ1v) is 7.85. The third kappa shape index (κ3) is 4.55. The Bertz CT molecular complexity index is 468. The summed E-state index contributed by atoms with van der Waals surface area (Å²) in [5, 5.41) is 12.5. The van der Waals surface area contributed by atoms with Crippen molar-refractivity contribution in [1.29, 1.82) is 0 Å². The quantitative estimate of drug-likeness (QED) is 0.810. The zero-order valence-electron chi connectivity index (χ0n) is 13.0. The van der Waals surface area contributed by atoms with Crippen LogP contribution in [0, 0.1) is 5.92 Å². The van der Waals surface area contributed by atoms with Crippen LogP contribution in [0.2, 0.25) is 0 Å². The van der Waals surface area contributed by atoms with Crippen molar-refractivity contribution in [2.75, 3.05) is 19.6 Å². The molecule has 21 heavy (non-hydrogen) atoms. The van der Waals surface area contributed by atoms with Crippen LogP contribution >= 0.6 is 0 Å². The molecule has 1 aliphatic heterocycles. The van der Waals surface area contributed by atoms with E-state index in [9.17, 15) is 4.79 Å². The summed E-state index contributed by atoms with van der Waals surface area (Å²) < 4.78 is 0. The van der Waals surface area contributed by atoms with Gasteiger partial charge in [-0.3, -0.25) is 4.90 Å². The number of benzene rings is 1. The van der Waals surface area contributed by atoms with Crippen LogP contribution in [0.4, 0.5) is 0 Å². The summed E-state index contributed by atoms with van der Waals surface area (Å²) in [4.78, 5) is 13.5. The minimum Gasteiger partial charge on any atom is -0.478 e. The van der Waals surface area contributed by atoms with E-state index in [1.54, 1.807) is 18.2 Å². The minimum absolute atomic E-state index is 0.356. The third-order valence-corrected chi connectivity index (χ3v) is 4.24. The van der Waals surface area contributed by atoms with E-state index in [2.05, 4.69) is 24.1 Å². The smallest absolute Gasteiger partial charge is 0.335 e. The highest BCUT2D eigenvalue weighted by molar-refractivity contribution is 5.87. The van der Waals surface area contributed by atoms with Gasteiger partial charge in [-0.25, -0.2) is 4.79 Å². The molecule has 1 fully saturated rings. The molecule has 0 amide bonds. The Morgan fingerprint density at radius 1 is 1.33 bits per heavy atom. The van der Waals surface area contributed by atoms with Gasteiger partial charge in [0, 0.05) is 19.1 Å². The van der Waals surface area contributed by atoms with E-state index in [4.69, 9.17) is 5.11 Å². The maximum Gasteiger partial charge on any atom is 0.335 e. The number of nitrogens with one attached hydrogen (secondary N) is 1. The van der Waals surface area contributed by atoms with Crippen molar-refractivity contribution in [1.82, 2.24) is 10.2 Å². The van der Waals surface area contributed by atoms with E-state index in [-0.39, 0.29) is 0 Å². The first kappa shape index (κ1) is 16.0. The molecule has 1 aromatic rings. The van der Waals surface area contributed by atoms with Crippen molar-refractivity contribution in [3.63, 3.8) is 0 Å². The Labute approximate surface area is 127 Å². The molecule has 4 nitrogen and oxygen atoms in total. The largest absolute Gasteiger partial charge is 0.478 e. The Hall–Kier alpha value is -1.39. The second kappa shape index (κ2) is 7.57. The minimum atomic E-state index is -0.867. The van der Waals surface area contributed by atoms with Gasteiger partial charge in [0.1, 0.15) is 0 Å². The SMILES string of the molecule is CC(C)C(CNCc1cccc(C(=O)O)c1)N1CCCC1. The Morgan fingerprint density at radius 2 is 2.05 bits per heavy atom. The molecule has 0 saturated carbocycles. The van der Waals surface area contributed by atoms with Crippen molar-refractivity contribution in [3.8, 4) is 0 Å². The highest BCUT2D eigenvalue weighted by Gasteiger charge is 2.23. The molecule has 1 heterocycles. The molecule has 2 N–H and O–H groups in total. The number of hydrogen-bond acceptors (Lipinski definition) is 3. The maximum atomic E-state index is 11.0. The molecule has 0 aliphatic carbocycles. The van der Waals surface area contributed by atoms with E-state index in [0.717, 1.165) is 18.7 Å². The summed E-state index contributed by atoms with van der Waals surface area (Å²) in [5.74, 6) is -0.241. The third-order valence-electron chi connectivity index (χ3n) is 4.24. The number of carbonyl (C=O) groups is 1. The standard InChI is InChI=1S/C17H26N2O2/c1-13(2)16(19-8-3-4-9-19)12-18-11-14-6-5-7-15(10-14)17(20)21/h5-7,10,13,16,18H,3-4,8-9,11-12H2,1-2H3,(H,20,21). The van der Waals surface area contributed by atoms with E-state index in [0.29, 0.717) is 17.5 Å². The lowest BCUT2D eigenvalue weighted by molar-refractivity contribution is 0.0696. The maximum absolute atomic E-state index is 11.0. The van der Waals surface area contributed by atoms with E-state index >= 15 is 0 Å². The molecule has 2 rings (SSSR count). The molecular weight excluding hydrogens is 264 g/mol. The highest BCUT2D eigenvalue weighted by atomic mass is 16.4. The van der Waals surface area contributed by atoms with E-state index < -0.39 is 5.97 Å².